The maximum Gasteiger partial charge on any atom is 0.308 e. The molecule has 1 saturated carbocycles. The van der Waals surface area contributed by atoms with Crippen molar-refractivity contribution in [1.29, 1.82) is 0 Å². The zero-order chi connectivity index (χ0) is 21.5. The fraction of sp³-hybridized carbons (Fsp3) is 0.524. The van der Waals surface area contributed by atoms with E-state index in [0.717, 1.165) is 32.1 Å². The van der Waals surface area contributed by atoms with E-state index in [1.54, 1.807) is 36.3 Å². The van der Waals surface area contributed by atoms with Gasteiger partial charge in [0.15, 0.2) is 5.11 Å². The molecule has 0 radical (unpaired) electrons. The van der Waals surface area contributed by atoms with Crippen LogP contribution in [0.1, 0.15) is 48.9 Å². The van der Waals surface area contributed by atoms with Gasteiger partial charge in [0.1, 0.15) is 17.9 Å². The van der Waals surface area contributed by atoms with Gasteiger partial charge in [-0.25, -0.2) is 0 Å². The molecule has 1 aromatic carbocycles. The summed E-state index contributed by atoms with van der Waals surface area (Å²) in [5.74, 6) is -0.475. The normalized spacial score (nSPS) is 19.6. The number of nitrogens with zero attached hydrogens (tertiary/aromatic N) is 1. The Labute approximate surface area is 181 Å². The molecule has 1 saturated heterocycles. The summed E-state index contributed by atoms with van der Waals surface area (Å²) in [5, 5.41) is 5.52. The number of methoxy groups -OCH3 is 1. The van der Waals surface area contributed by atoms with Crippen molar-refractivity contribution in [3.05, 3.63) is 29.8 Å². The van der Waals surface area contributed by atoms with E-state index < -0.39 is 17.9 Å². The van der Waals surface area contributed by atoms with E-state index in [0.29, 0.717) is 24.4 Å². The molecule has 9 heteroatoms. The van der Waals surface area contributed by atoms with E-state index in [2.05, 4.69) is 10.6 Å². The standard InChI is InChI=1S/C21H27N3O5S/c1-28-15-9-7-14(8-10-15)19(26)23-21(30)24-12-11-22-20(27)17(24)13-18(25)29-16-5-3-2-4-6-16/h7-10,16-17H,2-6,11-13H2,1H3,(H,22,27)(H,23,26,30). The van der Waals surface area contributed by atoms with Crippen LogP contribution in [0.25, 0.3) is 0 Å². The maximum atomic E-state index is 12.5. The van der Waals surface area contributed by atoms with E-state index in [1.165, 1.54) is 0 Å². The van der Waals surface area contributed by atoms with Crippen molar-refractivity contribution in [3.8, 4) is 5.75 Å². The predicted molar refractivity (Wildman–Crippen MR) is 114 cm³/mol. The summed E-state index contributed by atoms with van der Waals surface area (Å²) in [7, 11) is 1.55. The first kappa shape index (κ1) is 22.0. The number of nitrogens with one attached hydrogen (secondary N) is 2. The van der Waals surface area contributed by atoms with Crippen LogP contribution in [-0.4, -0.2) is 60.1 Å². The van der Waals surface area contributed by atoms with Crippen molar-refractivity contribution in [2.75, 3.05) is 20.2 Å². The number of amides is 2. The van der Waals surface area contributed by atoms with E-state index in [4.69, 9.17) is 21.7 Å². The summed E-state index contributed by atoms with van der Waals surface area (Å²) in [6, 6.07) is 5.79. The van der Waals surface area contributed by atoms with Gasteiger partial charge in [-0.3, -0.25) is 19.7 Å². The first-order valence-electron chi connectivity index (χ1n) is 10.2. The molecular formula is C21H27N3O5S. The lowest BCUT2D eigenvalue weighted by Crippen LogP contribution is -2.60. The van der Waals surface area contributed by atoms with Gasteiger partial charge < -0.3 is 19.7 Å². The molecule has 1 atom stereocenters. The summed E-state index contributed by atoms with van der Waals surface area (Å²) < 4.78 is 10.6. The zero-order valence-corrected chi connectivity index (χ0v) is 17.8. The third kappa shape index (κ3) is 5.69. The highest BCUT2D eigenvalue weighted by Crippen LogP contribution is 2.21. The number of benzene rings is 1. The molecule has 1 heterocycles. The highest BCUT2D eigenvalue weighted by Gasteiger charge is 2.35. The summed E-state index contributed by atoms with van der Waals surface area (Å²) in [6.45, 7) is 0.778. The van der Waals surface area contributed by atoms with Gasteiger partial charge >= 0.3 is 5.97 Å². The Morgan fingerprint density at radius 1 is 1.20 bits per heavy atom. The largest absolute Gasteiger partial charge is 0.497 e. The molecule has 2 amide bonds. The minimum Gasteiger partial charge on any atom is -0.497 e. The Bertz CT molecular complexity index is 792. The molecule has 2 fully saturated rings. The van der Waals surface area contributed by atoms with Crippen LogP contribution in [0.3, 0.4) is 0 Å². The lowest BCUT2D eigenvalue weighted by atomic mass is 9.98. The van der Waals surface area contributed by atoms with Crippen molar-refractivity contribution >= 4 is 35.1 Å². The van der Waals surface area contributed by atoms with E-state index in [9.17, 15) is 14.4 Å². The van der Waals surface area contributed by atoms with Crippen LogP contribution >= 0.6 is 12.2 Å². The van der Waals surface area contributed by atoms with Crippen molar-refractivity contribution in [3.63, 3.8) is 0 Å². The zero-order valence-electron chi connectivity index (χ0n) is 17.0. The number of hydrogen-bond acceptors (Lipinski definition) is 6. The Morgan fingerprint density at radius 2 is 1.90 bits per heavy atom. The molecule has 2 aliphatic rings. The number of rotatable bonds is 5. The molecule has 30 heavy (non-hydrogen) atoms. The minimum absolute atomic E-state index is 0.0759. The fourth-order valence-electron chi connectivity index (χ4n) is 3.72. The third-order valence-electron chi connectivity index (χ3n) is 5.37. The van der Waals surface area contributed by atoms with Gasteiger partial charge in [-0.1, -0.05) is 6.42 Å². The van der Waals surface area contributed by atoms with Crippen LogP contribution in [0.4, 0.5) is 0 Å². The SMILES string of the molecule is COc1ccc(C(=O)NC(=S)N2CCNC(=O)C2CC(=O)OC2CCCCC2)cc1. The Balaban J connectivity index is 1.60. The van der Waals surface area contributed by atoms with Crippen LogP contribution in [0.5, 0.6) is 5.75 Å². The molecule has 0 aromatic heterocycles. The second kappa shape index (κ2) is 10.4. The van der Waals surface area contributed by atoms with Gasteiger partial charge in [0.2, 0.25) is 5.91 Å². The quantitative estimate of drug-likeness (QED) is 0.540. The highest BCUT2D eigenvalue weighted by molar-refractivity contribution is 7.80. The molecule has 0 spiro atoms. The number of hydrogen-bond donors (Lipinski definition) is 2. The third-order valence-corrected chi connectivity index (χ3v) is 5.71. The molecule has 1 aliphatic heterocycles. The molecule has 1 aliphatic carbocycles. The van der Waals surface area contributed by atoms with E-state index in [1.807, 2.05) is 0 Å². The van der Waals surface area contributed by atoms with Gasteiger partial charge in [-0.2, -0.15) is 0 Å². The average molecular weight is 434 g/mol. The first-order valence-corrected chi connectivity index (χ1v) is 10.6. The van der Waals surface area contributed by atoms with Gasteiger partial charge in [-0.05, 0) is 62.2 Å². The van der Waals surface area contributed by atoms with Gasteiger partial charge in [-0.15, -0.1) is 0 Å². The van der Waals surface area contributed by atoms with Crippen LogP contribution < -0.4 is 15.4 Å². The van der Waals surface area contributed by atoms with Crippen molar-refractivity contribution < 1.29 is 23.9 Å². The molecule has 8 nitrogen and oxygen atoms in total. The summed E-state index contributed by atoms with van der Waals surface area (Å²) in [4.78, 5) is 38.9. The molecular weight excluding hydrogens is 406 g/mol. The van der Waals surface area contributed by atoms with Crippen LogP contribution in [-0.2, 0) is 14.3 Å². The summed E-state index contributed by atoms with van der Waals surface area (Å²) in [5.41, 5.74) is 0.410. The number of thiocarbonyl (C=S) groups is 1. The second-order valence-corrected chi connectivity index (χ2v) is 7.83. The Hall–Kier alpha value is -2.68. The molecule has 0 bridgehead atoms. The molecule has 3 rings (SSSR count). The van der Waals surface area contributed by atoms with Crippen molar-refractivity contribution in [2.24, 2.45) is 0 Å². The number of esters is 1. The summed E-state index contributed by atoms with van der Waals surface area (Å²) in [6.07, 6.45) is 4.81. The minimum atomic E-state index is -0.807. The number of ether oxygens (including phenoxy) is 2. The first-order chi connectivity index (χ1) is 14.5. The average Bonchev–Trinajstić information content (AvgIpc) is 2.75. The lowest BCUT2D eigenvalue weighted by molar-refractivity contribution is -0.153. The molecule has 1 unspecified atom stereocenters. The van der Waals surface area contributed by atoms with Gasteiger partial charge in [0.05, 0.1) is 13.5 Å². The molecule has 162 valence electrons. The fourth-order valence-corrected chi connectivity index (χ4v) is 4.03. The van der Waals surface area contributed by atoms with E-state index >= 15 is 0 Å². The van der Waals surface area contributed by atoms with Crippen molar-refractivity contribution in [2.45, 2.75) is 50.7 Å². The van der Waals surface area contributed by atoms with Crippen LogP contribution in [0.2, 0.25) is 0 Å². The van der Waals surface area contributed by atoms with Crippen LogP contribution in [0.15, 0.2) is 24.3 Å². The van der Waals surface area contributed by atoms with Gasteiger partial charge in [0.25, 0.3) is 5.91 Å². The van der Waals surface area contributed by atoms with Gasteiger partial charge in [0, 0.05) is 18.7 Å². The topological polar surface area (TPSA) is 97.0 Å². The number of carbonyl (C=O) groups is 3. The number of piperazine rings is 1. The smallest absolute Gasteiger partial charge is 0.308 e. The highest BCUT2D eigenvalue weighted by atomic mass is 32.1. The molecule has 1 aromatic rings. The van der Waals surface area contributed by atoms with Crippen LogP contribution in [0, 0.1) is 0 Å². The number of carbonyl (C=O) groups excluding carboxylic acids is 3. The monoisotopic (exact) mass is 433 g/mol. The lowest BCUT2D eigenvalue weighted by Gasteiger charge is -2.36. The summed E-state index contributed by atoms with van der Waals surface area (Å²) >= 11 is 5.38. The molecule has 2 N–H and O–H groups in total. The maximum absolute atomic E-state index is 12.5. The van der Waals surface area contributed by atoms with E-state index in [-0.39, 0.29) is 23.5 Å². The predicted octanol–water partition coefficient (Wildman–Crippen LogP) is 1.78. The Kier molecular flexibility index (Phi) is 7.62. The Morgan fingerprint density at radius 3 is 2.57 bits per heavy atom. The van der Waals surface area contributed by atoms with Crippen molar-refractivity contribution in [1.82, 2.24) is 15.5 Å². The second-order valence-electron chi connectivity index (χ2n) is 7.44.